The zero-order valence-corrected chi connectivity index (χ0v) is 20.6. The van der Waals surface area contributed by atoms with Gasteiger partial charge in [0.2, 0.25) is 0 Å². The molecule has 0 spiro atoms. The standard InChI is InChI=1S/C27H35N3O5/c1-31-13-3-11-30-12-15-34-24-9-4-20(16-23(24)30)19-35-26-18-29-17-25(33-14-10-28)27(26)21-5-7-22(32-2)8-6-21/h4-9,16,25-27,29H,3,11-15,17-19H2,1-2H3/t25-,26+,27+/m1/s1. The van der Waals surface area contributed by atoms with Crippen LogP contribution in [-0.4, -0.2) is 72.4 Å². The van der Waals surface area contributed by atoms with Gasteiger partial charge in [-0.15, -0.1) is 0 Å². The lowest BCUT2D eigenvalue weighted by Gasteiger charge is -2.38. The molecule has 2 aromatic carbocycles. The number of rotatable bonds is 11. The van der Waals surface area contributed by atoms with E-state index in [0.29, 0.717) is 26.3 Å². The summed E-state index contributed by atoms with van der Waals surface area (Å²) in [4.78, 5) is 2.36. The zero-order valence-electron chi connectivity index (χ0n) is 20.6. The van der Waals surface area contributed by atoms with E-state index in [1.165, 1.54) is 0 Å². The molecule has 2 aromatic rings. The normalized spacial score (nSPS) is 21.6. The third-order valence-electron chi connectivity index (χ3n) is 6.58. The molecule has 0 aromatic heterocycles. The van der Waals surface area contributed by atoms with Crippen LogP contribution in [0, 0.1) is 11.3 Å². The summed E-state index contributed by atoms with van der Waals surface area (Å²) in [5.74, 6) is 1.72. The number of hydrogen-bond donors (Lipinski definition) is 1. The fourth-order valence-electron chi connectivity index (χ4n) is 4.83. The Bertz CT molecular complexity index is 978. The maximum Gasteiger partial charge on any atom is 0.142 e. The molecule has 0 saturated carbocycles. The first-order chi connectivity index (χ1) is 17.2. The third kappa shape index (κ3) is 6.44. The molecule has 3 atom stereocenters. The number of methoxy groups -OCH3 is 2. The van der Waals surface area contributed by atoms with Gasteiger partial charge in [-0.25, -0.2) is 0 Å². The molecule has 0 amide bonds. The number of anilines is 1. The molecule has 0 unspecified atom stereocenters. The van der Waals surface area contributed by atoms with Gasteiger partial charge in [0.15, 0.2) is 0 Å². The molecular weight excluding hydrogens is 446 g/mol. The Morgan fingerprint density at radius 1 is 1.09 bits per heavy atom. The van der Waals surface area contributed by atoms with Crippen LogP contribution in [0.2, 0.25) is 0 Å². The Morgan fingerprint density at radius 2 is 1.89 bits per heavy atom. The predicted molar refractivity (Wildman–Crippen MR) is 133 cm³/mol. The van der Waals surface area contributed by atoms with Crippen LogP contribution in [0.3, 0.4) is 0 Å². The van der Waals surface area contributed by atoms with Gasteiger partial charge >= 0.3 is 0 Å². The van der Waals surface area contributed by atoms with Crippen LogP contribution in [0.25, 0.3) is 0 Å². The Labute approximate surface area is 207 Å². The van der Waals surface area contributed by atoms with Crippen molar-refractivity contribution in [3.05, 3.63) is 53.6 Å². The summed E-state index contributed by atoms with van der Waals surface area (Å²) in [6.07, 6.45) is 0.707. The van der Waals surface area contributed by atoms with Crippen molar-refractivity contribution in [3.63, 3.8) is 0 Å². The molecule has 35 heavy (non-hydrogen) atoms. The van der Waals surface area contributed by atoms with Crippen LogP contribution >= 0.6 is 0 Å². The number of nitriles is 1. The first kappa shape index (κ1) is 25.3. The second-order valence-corrected chi connectivity index (χ2v) is 8.80. The average Bonchev–Trinajstić information content (AvgIpc) is 2.91. The van der Waals surface area contributed by atoms with Crippen LogP contribution in [-0.2, 0) is 20.8 Å². The van der Waals surface area contributed by atoms with Crippen molar-refractivity contribution in [2.75, 3.05) is 65.1 Å². The van der Waals surface area contributed by atoms with Crippen molar-refractivity contribution < 1.29 is 23.7 Å². The van der Waals surface area contributed by atoms with Gasteiger partial charge in [0.05, 0.1) is 44.2 Å². The van der Waals surface area contributed by atoms with E-state index in [1.54, 1.807) is 14.2 Å². The fraction of sp³-hybridized carbons (Fsp3) is 0.519. The van der Waals surface area contributed by atoms with Crippen LogP contribution in [0.5, 0.6) is 11.5 Å². The van der Waals surface area contributed by atoms with E-state index in [1.807, 2.05) is 18.2 Å². The highest BCUT2D eigenvalue weighted by molar-refractivity contribution is 5.61. The van der Waals surface area contributed by atoms with Crippen LogP contribution < -0.4 is 19.7 Å². The Balaban J connectivity index is 1.48. The molecule has 0 radical (unpaired) electrons. The predicted octanol–water partition coefficient (Wildman–Crippen LogP) is 3.11. The number of nitrogens with one attached hydrogen (secondary N) is 1. The molecule has 4 rings (SSSR count). The summed E-state index contributed by atoms with van der Waals surface area (Å²) in [5.41, 5.74) is 3.32. The van der Waals surface area contributed by atoms with E-state index >= 15 is 0 Å². The maximum atomic E-state index is 9.06. The second-order valence-electron chi connectivity index (χ2n) is 8.80. The number of fused-ring (bicyclic) bond motifs is 1. The zero-order chi connectivity index (χ0) is 24.5. The molecule has 1 N–H and O–H groups in total. The number of nitrogens with zero attached hydrogens (tertiary/aromatic N) is 2. The van der Waals surface area contributed by atoms with Gasteiger partial charge in [-0.2, -0.15) is 5.26 Å². The summed E-state index contributed by atoms with van der Waals surface area (Å²) in [5, 5.41) is 12.5. The highest BCUT2D eigenvalue weighted by Crippen LogP contribution is 2.35. The van der Waals surface area contributed by atoms with Crippen molar-refractivity contribution in [2.24, 2.45) is 0 Å². The molecule has 2 aliphatic heterocycles. The summed E-state index contributed by atoms with van der Waals surface area (Å²) < 4.78 is 28.8. The van der Waals surface area contributed by atoms with Crippen molar-refractivity contribution >= 4 is 5.69 Å². The third-order valence-corrected chi connectivity index (χ3v) is 6.58. The minimum atomic E-state index is -0.157. The molecule has 2 aliphatic rings. The Hall–Kier alpha value is -2.83. The lowest BCUT2D eigenvalue weighted by atomic mass is 9.85. The van der Waals surface area contributed by atoms with Crippen LogP contribution in [0.15, 0.2) is 42.5 Å². The molecule has 188 valence electrons. The Morgan fingerprint density at radius 3 is 2.63 bits per heavy atom. The van der Waals surface area contributed by atoms with Crippen LogP contribution in [0.4, 0.5) is 5.69 Å². The number of hydrogen-bond acceptors (Lipinski definition) is 8. The van der Waals surface area contributed by atoms with Gasteiger partial charge in [-0.3, -0.25) is 0 Å². The number of piperidine rings is 1. The molecule has 8 heteroatoms. The van der Waals surface area contributed by atoms with E-state index < -0.39 is 0 Å². The van der Waals surface area contributed by atoms with Crippen molar-refractivity contribution in [1.82, 2.24) is 5.32 Å². The highest BCUT2D eigenvalue weighted by atomic mass is 16.5. The van der Waals surface area contributed by atoms with Crippen LogP contribution in [0.1, 0.15) is 23.5 Å². The van der Waals surface area contributed by atoms with Crippen molar-refractivity contribution in [1.29, 1.82) is 5.26 Å². The summed E-state index contributed by atoms with van der Waals surface area (Å²) >= 11 is 0. The molecule has 0 aliphatic carbocycles. The number of ether oxygens (including phenoxy) is 5. The first-order valence-corrected chi connectivity index (χ1v) is 12.2. The van der Waals surface area contributed by atoms with Gasteiger partial charge < -0.3 is 33.9 Å². The topological polar surface area (TPSA) is 85.2 Å². The smallest absolute Gasteiger partial charge is 0.142 e. The largest absolute Gasteiger partial charge is 0.497 e. The molecule has 1 fully saturated rings. The van der Waals surface area contributed by atoms with Gasteiger partial charge in [-0.1, -0.05) is 18.2 Å². The lowest BCUT2D eigenvalue weighted by molar-refractivity contribution is -0.0530. The van der Waals surface area contributed by atoms with Gasteiger partial charge in [0.25, 0.3) is 0 Å². The molecule has 8 nitrogen and oxygen atoms in total. The van der Waals surface area contributed by atoms with E-state index in [-0.39, 0.29) is 24.7 Å². The van der Waals surface area contributed by atoms with E-state index in [4.69, 9.17) is 28.9 Å². The van der Waals surface area contributed by atoms with Crippen molar-refractivity contribution in [3.8, 4) is 17.6 Å². The summed E-state index contributed by atoms with van der Waals surface area (Å²) in [6.45, 7) is 5.14. The lowest BCUT2D eigenvalue weighted by Crippen LogP contribution is -2.50. The monoisotopic (exact) mass is 481 g/mol. The quantitative estimate of drug-likeness (QED) is 0.490. The van der Waals surface area contributed by atoms with E-state index in [2.05, 4.69) is 40.6 Å². The minimum absolute atomic E-state index is 0.00186. The molecular formula is C27H35N3O5. The summed E-state index contributed by atoms with van der Waals surface area (Å²) in [7, 11) is 3.39. The van der Waals surface area contributed by atoms with Crippen molar-refractivity contribution in [2.45, 2.75) is 31.2 Å². The highest BCUT2D eigenvalue weighted by Gasteiger charge is 2.36. The molecule has 0 bridgehead atoms. The fourth-order valence-corrected chi connectivity index (χ4v) is 4.83. The van der Waals surface area contributed by atoms with Gasteiger partial charge in [0, 0.05) is 39.3 Å². The van der Waals surface area contributed by atoms with E-state index in [9.17, 15) is 0 Å². The van der Waals surface area contributed by atoms with Gasteiger partial charge in [-0.05, 0) is 41.8 Å². The summed E-state index contributed by atoms with van der Waals surface area (Å²) in [6, 6.07) is 16.4. The molecule has 2 heterocycles. The molecule has 1 saturated heterocycles. The van der Waals surface area contributed by atoms with Gasteiger partial charge in [0.1, 0.15) is 24.7 Å². The number of benzene rings is 2. The maximum absolute atomic E-state index is 9.06. The first-order valence-electron chi connectivity index (χ1n) is 12.2. The minimum Gasteiger partial charge on any atom is -0.497 e. The second kappa shape index (κ2) is 12.8. The SMILES string of the molecule is COCCCN1CCOc2ccc(CO[C@H]3CNC[C@@H](OCC#N)[C@@H]3c3ccc(OC)cc3)cc21. The Kier molecular flexibility index (Phi) is 9.21. The average molecular weight is 482 g/mol. The van der Waals surface area contributed by atoms with E-state index in [0.717, 1.165) is 54.4 Å².